The summed E-state index contributed by atoms with van der Waals surface area (Å²) in [6.07, 6.45) is 3.50. The third-order valence-corrected chi connectivity index (χ3v) is 0.566. The minimum atomic E-state index is 0. The average molecular weight is 117 g/mol. The first kappa shape index (κ1) is 11.1. The molecule has 0 radical (unpaired) electrons. The van der Waals surface area contributed by atoms with Gasteiger partial charge in [-0.05, 0) is 12.1 Å². The van der Waals surface area contributed by atoms with Crippen LogP contribution in [0.5, 0.6) is 0 Å². The fourth-order valence-corrected chi connectivity index (χ4v) is 0.313. The third kappa shape index (κ3) is 4.38. The Hall–Kier alpha value is 0.215. The smallest absolute Gasteiger partial charge is 0.265 e. The topological polar surface area (TPSA) is 12.9 Å². The van der Waals surface area contributed by atoms with Gasteiger partial charge in [-0.2, -0.15) is 0 Å². The Kier molecular flexibility index (Phi) is 9.98. The first-order valence-electron chi connectivity index (χ1n) is 1.85. The number of hydrogen-bond acceptors (Lipinski definition) is 1. The molecule has 0 aliphatic rings. The van der Waals surface area contributed by atoms with Gasteiger partial charge in [0.05, 0.1) is 0 Å². The summed E-state index contributed by atoms with van der Waals surface area (Å²) in [5, 5.41) is 0. The minimum Gasteiger partial charge on any atom is -0.265 e. The summed E-state index contributed by atoms with van der Waals surface area (Å²) in [5.41, 5.74) is 0. The Morgan fingerprint density at radius 3 is 1.50 bits per heavy atom. The van der Waals surface area contributed by atoms with Crippen LogP contribution < -0.4 is 29.6 Å². The SMILES string of the molecule is [BH4-].[Na+].c1ccncc1. The van der Waals surface area contributed by atoms with Crippen molar-refractivity contribution in [3.05, 3.63) is 30.6 Å². The predicted molar refractivity (Wildman–Crippen MR) is 35.6 cm³/mol. The van der Waals surface area contributed by atoms with Crippen molar-refractivity contribution in [3.8, 4) is 0 Å². The summed E-state index contributed by atoms with van der Waals surface area (Å²) in [5.74, 6) is 0. The molecule has 0 spiro atoms. The molecule has 0 bridgehead atoms. The van der Waals surface area contributed by atoms with Crippen LogP contribution in [0, 0.1) is 0 Å². The molecular weight excluding hydrogens is 108 g/mol. The molecule has 8 heavy (non-hydrogen) atoms. The predicted octanol–water partition coefficient (Wildman–Crippen LogP) is -3.37. The molecule has 3 heteroatoms. The van der Waals surface area contributed by atoms with E-state index in [2.05, 4.69) is 4.98 Å². The zero-order chi connectivity index (χ0) is 4.24. The number of hydrogen-bond donors (Lipinski definition) is 0. The molecule has 1 rings (SSSR count). The van der Waals surface area contributed by atoms with Gasteiger partial charge < -0.3 is 0 Å². The monoisotopic (exact) mass is 117 g/mol. The van der Waals surface area contributed by atoms with Crippen LogP contribution >= 0.6 is 0 Å². The largest absolute Gasteiger partial charge is 1.00 e. The first-order valence-corrected chi connectivity index (χ1v) is 1.85. The molecule has 0 aliphatic carbocycles. The molecule has 1 heterocycles. The van der Waals surface area contributed by atoms with Crippen LogP contribution in [0.25, 0.3) is 0 Å². The average Bonchev–Trinajstić information content (AvgIpc) is 1.72. The van der Waals surface area contributed by atoms with Gasteiger partial charge in [-0.1, -0.05) is 14.5 Å². The van der Waals surface area contributed by atoms with Gasteiger partial charge in [-0.15, -0.1) is 0 Å². The molecule has 0 fully saturated rings. The normalized spacial score (nSPS) is 6.00. The second-order valence-corrected chi connectivity index (χ2v) is 1.02. The van der Waals surface area contributed by atoms with Crippen LogP contribution in [0.2, 0.25) is 0 Å². The van der Waals surface area contributed by atoms with Crippen molar-refractivity contribution in [3.63, 3.8) is 0 Å². The molecular formula is C5H9BNNa. The molecule has 0 unspecified atom stereocenters. The maximum atomic E-state index is 3.78. The van der Waals surface area contributed by atoms with E-state index in [9.17, 15) is 0 Å². The van der Waals surface area contributed by atoms with E-state index in [1.807, 2.05) is 18.2 Å². The zero-order valence-corrected chi connectivity index (χ0v) is 6.33. The van der Waals surface area contributed by atoms with E-state index in [4.69, 9.17) is 0 Å². The van der Waals surface area contributed by atoms with Gasteiger partial charge in [0.25, 0.3) is 0 Å². The molecule has 0 amide bonds. The maximum absolute atomic E-state index is 3.78. The number of pyridine rings is 1. The quantitative estimate of drug-likeness (QED) is 0.323. The number of rotatable bonds is 0. The summed E-state index contributed by atoms with van der Waals surface area (Å²) < 4.78 is 0. The Balaban J connectivity index is 0. The van der Waals surface area contributed by atoms with Gasteiger partial charge >= 0.3 is 29.6 Å². The number of aromatic nitrogens is 1. The fraction of sp³-hybridized carbons (Fsp3) is 0. The molecule has 38 valence electrons. The Labute approximate surface area is 73.4 Å². The fourth-order valence-electron chi connectivity index (χ4n) is 0.313. The minimum absolute atomic E-state index is 0. The standard InChI is InChI=1S/C5H5N.BH4.Na/c1-2-4-6-5-3-1;;/h1-5H;1H4;/q;-1;+1. The van der Waals surface area contributed by atoms with Gasteiger partial charge in [0.15, 0.2) is 0 Å². The molecule has 0 aromatic carbocycles. The van der Waals surface area contributed by atoms with Crippen LogP contribution in [0.1, 0.15) is 0 Å². The van der Waals surface area contributed by atoms with E-state index in [0.717, 1.165) is 0 Å². The van der Waals surface area contributed by atoms with Crippen molar-refractivity contribution < 1.29 is 29.6 Å². The van der Waals surface area contributed by atoms with Crippen molar-refractivity contribution >= 4 is 8.41 Å². The Bertz CT molecular complexity index is 84.4. The third-order valence-electron chi connectivity index (χ3n) is 0.566. The maximum Gasteiger partial charge on any atom is 1.00 e. The van der Waals surface area contributed by atoms with Crippen LogP contribution in [-0.2, 0) is 0 Å². The van der Waals surface area contributed by atoms with Crippen LogP contribution in [0.15, 0.2) is 30.6 Å². The van der Waals surface area contributed by atoms with Crippen molar-refractivity contribution in [1.82, 2.24) is 4.98 Å². The van der Waals surface area contributed by atoms with Gasteiger partial charge in [0, 0.05) is 12.4 Å². The van der Waals surface area contributed by atoms with E-state index in [1.165, 1.54) is 0 Å². The van der Waals surface area contributed by atoms with Crippen molar-refractivity contribution in [2.75, 3.05) is 0 Å². The molecule has 0 aliphatic heterocycles. The number of nitrogens with zero attached hydrogens (tertiary/aromatic N) is 1. The molecule has 1 nitrogen and oxygen atoms in total. The summed E-state index contributed by atoms with van der Waals surface area (Å²) in [6.45, 7) is 0. The first-order chi connectivity index (χ1) is 3.00. The summed E-state index contributed by atoms with van der Waals surface area (Å²) in [6, 6.07) is 5.72. The molecule has 0 N–H and O–H groups in total. The van der Waals surface area contributed by atoms with Gasteiger partial charge in [0.2, 0.25) is 0 Å². The molecule has 0 saturated heterocycles. The van der Waals surface area contributed by atoms with E-state index >= 15 is 0 Å². The second kappa shape index (κ2) is 7.21. The van der Waals surface area contributed by atoms with Gasteiger partial charge in [-0.3, -0.25) is 4.98 Å². The van der Waals surface area contributed by atoms with Gasteiger partial charge in [-0.25, -0.2) is 0 Å². The van der Waals surface area contributed by atoms with Crippen molar-refractivity contribution in [1.29, 1.82) is 0 Å². The Morgan fingerprint density at radius 2 is 1.38 bits per heavy atom. The van der Waals surface area contributed by atoms with Crippen LogP contribution in [0.3, 0.4) is 0 Å². The second-order valence-electron chi connectivity index (χ2n) is 1.02. The summed E-state index contributed by atoms with van der Waals surface area (Å²) in [4.78, 5) is 3.78. The van der Waals surface area contributed by atoms with E-state index < -0.39 is 0 Å². The van der Waals surface area contributed by atoms with Gasteiger partial charge in [0.1, 0.15) is 0 Å². The molecule has 1 aromatic rings. The van der Waals surface area contributed by atoms with Crippen molar-refractivity contribution in [2.24, 2.45) is 0 Å². The van der Waals surface area contributed by atoms with E-state index in [1.54, 1.807) is 12.4 Å². The molecule has 0 atom stereocenters. The van der Waals surface area contributed by atoms with E-state index in [0.29, 0.717) is 0 Å². The summed E-state index contributed by atoms with van der Waals surface area (Å²) in [7, 11) is 0. The van der Waals surface area contributed by atoms with Crippen molar-refractivity contribution in [2.45, 2.75) is 0 Å². The van der Waals surface area contributed by atoms with Crippen LogP contribution in [0.4, 0.5) is 0 Å². The van der Waals surface area contributed by atoms with Crippen LogP contribution in [-0.4, -0.2) is 13.4 Å². The summed E-state index contributed by atoms with van der Waals surface area (Å²) >= 11 is 0. The Morgan fingerprint density at radius 1 is 0.875 bits per heavy atom. The molecule has 0 saturated carbocycles. The molecule has 1 aromatic heterocycles. The van der Waals surface area contributed by atoms with E-state index in [-0.39, 0.29) is 38.0 Å². The zero-order valence-electron chi connectivity index (χ0n) is 4.33.